The van der Waals surface area contributed by atoms with E-state index in [2.05, 4.69) is 9.71 Å². The van der Waals surface area contributed by atoms with Gasteiger partial charge in [-0.15, -0.1) is 5.26 Å². The number of nitrogens with one attached hydrogen (secondary N) is 2. The van der Waals surface area contributed by atoms with Crippen LogP contribution in [0.25, 0.3) is 0 Å². The summed E-state index contributed by atoms with van der Waals surface area (Å²) in [6.07, 6.45) is 1.73. The maximum atomic E-state index is 12.2. The van der Waals surface area contributed by atoms with E-state index in [4.69, 9.17) is 5.26 Å². The van der Waals surface area contributed by atoms with Gasteiger partial charge in [-0.2, -0.15) is 18.1 Å². The van der Waals surface area contributed by atoms with Gasteiger partial charge in [-0.3, -0.25) is 0 Å². The average Bonchev–Trinajstić information content (AvgIpc) is 2.48. The molecule has 0 aliphatic heterocycles. The normalized spacial score (nSPS) is 11.7. The first-order valence-corrected chi connectivity index (χ1v) is 7.27. The molecular formula is C14H12N3O2S+. The minimum atomic E-state index is -3.73. The van der Waals surface area contributed by atoms with Gasteiger partial charge in [-0.05, 0) is 24.3 Å². The molecule has 0 bridgehead atoms. The second-order valence-corrected chi connectivity index (χ2v) is 5.58. The summed E-state index contributed by atoms with van der Waals surface area (Å²) in [6.45, 7) is 0. The number of rotatable bonds is 3. The van der Waals surface area contributed by atoms with E-state index in [1.807, 2.05) is 0 Å². The molecule has 0 aromatic heterocycles. The smallest absolute Gasteiger partial charge is 0.179 e. The molecule has 0 saturated heterocycles. The molecule has 6 heteroatoms. The van der Waals surface area contributed by atoms with E-state index >= 15 is 0 Å². The van der Waals surface area contributed by atoms with Gasteiger partial charge in [-0.1, -0.05) is 36.4 Å². The number of amidine groups is 1. The second-order valence-electron chi connectivity index (χ2n) is 3.90. The van der Waals surface area contributed by atoms with E-state index in [1.54, 1.807) is 54.7 Å². The van der Waals surface area contributed by atoms with E-state index < -0.39 is 10.0 Å². The highest BCUT2D eigenvalue weighted by Gasteiger charge is 2.19. The number of sulfonamides is 1. The highest BCUT2D eigenvalue weighted by molar-refractivity contribution is 7.84. The van der Waals surface area contributed by atoms with E-state index in [0.717, 1.165) is 0 Å². The zero-order chi connectivity index (χ0) is 14.4. The van der Waals surface area contributed by atoms with Gasteiger partial charge in [0.15, 0.2) is 0 Å². The minimum absolute atomic E-state index is 0.122. The van der Waals surface area contributed by atoms with Crippen molar-refractivity contribution < 1.29 is 12.8 Å². The predicted octanol–water partition coefficient (Wildman–Crippen LogP) is -0.0266. The SMILES string of the molecule is N#CNC(=[NH+]S(=O)(=O)c1ccccc1)c1ccccc1. The zero-order valence-corrected chi connectivity index (χ0v) is 11.3. The van der Waals surface area contributed by atoms with Gasteiger partial charge in [0.1, 0.15) is 4.90 Å². The molecule has 0 spiro atoms. The summed E-state index contributed by atoms with van der Waals surface area (Å²) >= 11 is 0. The molecule has 0 aliphatic carbocycles. The van der Waals surface area contributed by atoms with Crippen molar-refractivity contribution in [2.24, 2.45) is 0 Å². The van der Waals surface area contributed by atoms with Gasteiger partial charge in [0.25, 0.3) is 6.19 Å². The molecule has 100 valence electrons. The van der Waals surface area contributed by atoms with Crippen LogP contribution < -0.4 is 9.71 Å². The maximum Gasteiger partial charge on any atom is 0.328 e. The van der Waals surface area contributed by atoms with Crippen molar-refractivity contribution in [3.05, 3.63) is 66.2 Å². The van der Waals surface area contributed by atoms with Gasteiger partial charge >= 0.3 is 15.9 Å². The largest absolute Gasteiger partial charge is 0.328 e. The minimum Gasteiger partial charge on any atom is -0.179 e. The summed E-state index contributed by atoms with van der Waals surface area (Å²) in [7, 11) is -3.73. The van der Waals surface area contributed by atoms with Crippen LogP contribution in [0.15, 0.2) is 65.6 Å². The summed E-state index contributed by atoms with van der Waals surface area (Å²) in [4.78, 5) is 0.133. The van der Waals surface area contributed by atoms with Crippen LogP contribution in [0, 0.1) is 11.5 Å². The molecule has 0 amide bonds. The lowest BCUT2D eigenvalue weighted by atomic mass is 10.2. The molecule has 5 nitrogen and oxygen atoms in total. The van der Waals surface area contributed by atoms with Crippen molar-refractivity contribution >= 4 is 15.9 Å². The van der Waals surface area contributed by atoms with E-state index in [9.17, 15) is 8.42 Å². The fraction of sp³-hybridized carbons (Fsp3) is 0. The summed E-state index contributed by atoms with van der Waals surface area (Å²) in [5.74, 6) is 0.122. The molecule has 0 unspecified atom stereocenters. The van der Waals surface area contributed by atoms with E-state index in [0.29, 0.717) is 5.56 Å². The summed E-state index contributed by atoms with van der Waals surface area (Å²) < 4.78 is 26.8. The van der Waals surface area contributed by atoms with Crippen LogP contribution in [0.3, 0.4) is 0 Å². The quantitative estimate of drug-likeness (QED) is 0.359. The molecule has 0 aliphatic rings. The highest BCUT2D eigenvalue weighted by atomic mass is 32.2. The molecular weight excluding hydrogens is 274 g/mol. The van der Waals surface area contributed by atoms with Crippen LogP contribution >= 0.6 is 0 Å². The van der Waals surface area contributed by atoms with Crippen molar-refractivity contribution in [2.75, 3.05) is 0 Å². The van der Waals surface area contributed by atoms with E-state index in [-0.39, 0.29) is 10.7 Å². The standard InChI is InChI=1S/C14H11N3O2S/c15-11-16-14(12-7-3-1-4-8-12)17-20(18,19)13-9-5-2-6-10-13/h1-10H,(H,16,17)/p+1. The molecule has 2 aromatic carbocycles. The molecule has 0 fully saturated rings. The van der Waals surface area contributed by atoms with Crippen molar-refractivity contribution in [1.82, 2.24) is 5.32 Å². The number of nitriles is 1. The maximum absolute atomic E-state index is 12.2. The van der Waals surface area contributed by atoms with Crippen molar-refractivity contribution in [3.63, 3.8) is 0 Å². The molecule has 0 atom stereocenters. The Kier molecular flexibility index (Phi) is 4.13. The molecule has 0 heterocycles. The Morgan fingerprint density at radius 3 is 2.10 bits per heavy atom. The van der Waals surface area contributed by atoms with Gasteiger partial charge in [0.2, 0.25) is 0 Å². The van der Waals surface area contributed by atoms with Crippen molar-refractivity contribution in [1.29, 1.82) is 5.26 Å². The van der Waals surface area contributed by atoms with E-state index in [1.165, 1.54) is 12.1 Å². The Hall–Kier alpha value is -2.65. The Bertz CT molecular complexity index is 748. The topological polar surface area (TPSA) is 83.9 Å². The second kappa shape index (κ2) is 5.99. The zero-order valence-electron chi connectivity index (χ0n) is 10.4. The third-order valence-corrected chi connectivity index (χ3v) is 3.90. The third-order valence-electron chi connectivity index (χ3n) is 2.53. The summed E-state index contributed by atoms with van der Waals surface area (Å²) in [5.41, 5.74) is 0.577. The molecule has 0 radical (unpaired) electrons. The fourth-order valence-corrected chi connectivity index (χ4v) is 2.68. The first kappa shape index (κ1) is 13.8. The van der Waals surface area contributed by atoms with Gasteiger partial charge < -0.3 is 0 Å². The lowest BCUT2D eigenvalue weighted by Crippen LogP contribution is -2.79. The van der Waals surface area contributed by atoms with Crippen LogP contribution in [0.4, 0.5) is 0 Å². The van der Waals surface area contributed by atoms with Gasteiger partial charge in [0, 0.05) is 0 Å². The monoisotopic (exact) mass is 286 g/mol. The first-order valence-electron chi connectivity index (χ1n) is 5.79. The molecule has 20 heavy (non-hydrogen) atoms. The van der Waals surface area contributed by atoms with Crippen LogP contribution in [-0.4, -0.2) is 14.3 Å². The first-order chi connectivity index (χ1) is 9.63. The molecule has 2 rings (SSSR count). The van der Waals surface area contributed by atoms with Gasteiger partial charge in [0.05, 0.1) is 5.56 Å². The Morgan fingerprint density at radius 2 is 1.55 bits per heavy atom. The molecule has 2 N–H and O–H groups in total. The lowest BCUT2D eigenvalue weighted by Gasteiger charge is -2.00. The average molecular weight is 286 g/mol. The summed E-state index contributed by atoms with van der Waals surface area (Å²) in [5, 5.41) is 11.1. The Labute approximate surface area is 117 Å². The Balaban J connectivity index is 2.48. The fourth-order valence-electron chi connectivity index (χ4n) is 1.61. The number of benzene rings is 2. The molecule has 2 aromatic rings. The van der Waals surface area contributed by atoms with Crippen LogP contribution in [-0.2, 0) is 10.0 Å². The van der Waals surface area contributed by atoms with Crippen LogP contribution in [0.1, 0.15) is 5.56 Å². The predicted molar refractivity (Wildman–Crippen MR) is 73.9 cm³/mol. The van der Waals surface area contributed by atoms with Crippen molar-refractivity contribution in [2.45, 2.75) is 4.90 Å². The van der Waals surface area contributed by atoms with Gasteiger partial charge in [-0.25, -0.2) is 0 Å². The third kappa shape index (κ3) is 3.22. The van der Waals surface area contributed by atoms with Crippen molar-refractivity contribution in [3.8, 4) is 6.19 Å². The molecule has 0 saturated carbocycles. The lowest BCUT2D eigenvalue weighted by molar-refractivity contribution is -0.269. The Morgan fingerprint density at radius 1 is 1.00 bits per heavy atom. The summed E-state index contributed by atoms with van der Waals surface area (Å²) in [6, 6.07) is 16.7. The van der Waals surface area contributed by atoms with Crippen LogP contribution in [0.5, 0.6) is 0 Å². The highest BCUT2D eigenvalue weighted by Crippen LogP contribution is 2.03. The number of hydrogen-bond acceptors (Lipinski definition) is 3. The van der Waals surface area contributed by atoms with Crippen LogP contribution in [0.2, 0.25) is 0 Å². The number of hydrogen-bond donors (Lipinski definition) is 2. The number of nitrogens with zero attached hydrogens (tertiary/aromatic N) is 1.